The number of halogens is 1. The molecule has 1 N–H and O–H groups in total. The van der Waals surface area contributed by atoms with Crippen molar-refractivity contribution in [2.24, 2.45) is 0 Å². The summed E-state index contributed by atoms with van der Waals surface area (Å²) in [6.07, 6.45) is 2.77. The van der Waals surface area contributed by atoms with E-state index in [1.165, 1.54) is 6.07 Å². The molecule has 0 radical (unpaired) electrons. The normalized spacial score (nSPS) is 11.0. The van der Waals surface area contributed by atoms with Gasteiger partial charge < -0.3 is 14.5 Å². The molecule has 0 fully saturated rings. The zero-order valence-electron chi connectivity index (χ0n) is 23.3. The first kappa shape index (κ1) is 29.5. The van der Waals surface area contributed by atoms with E-state index in [4.69, 9.17) is 11.6 Å². The second-order valence-corrected chi connectivity index (χ2v) is 10.1. The van der Waals surface area contributed by atoms with Crippen LogP contribution < -0.4 is 0 Å². The van der Waals surface area contributed by atoms with Gasteiger partial charge in [-0.25, -0.2) is 4.98 Å². The molecule has 3 aromatic carbocycles. The third-order valence-electron chi connectivity index (χ3n) is 6.95. The van der Waals surface area contributed by atoms with Gasteiger partial charge in [0.2, 0.25) is 5.82 Å². The average Bonchev–Trinajstić information content (AvgIpc) is 3.63. The van der Waals surface area contributed by atoms with E-state index in [9.17, 15) is 20.0 Å². The van der Waals surface area contributed by atoms with E-state index in [0.29, 0.717) is 28.5 Å². The van der Waals surface area contributed by atoms with Gasteiger partial charge in [0.25, 0.3) is 11.0 Å². The zero-order valence-corrected chi connectivity index (χ0v) is 24.0. The van der Waals surface area contributed by atoms with Gasteiger partial charge >= 0.3 is 0 Å². The topological polar surface area (TPSA) is 151 Å². The van der Waals surface area contributed by atoms with Crippen LogP contribution in [-0.2, 0) is 31.0 Å². The number of tetrazole rings is 1. The number of benzene rings is 3. The number of aromatic nitrogens is 6. The number of hydrogen-bond donors (Lipinski definition) is 1. The molecule has 2 aromatic heterocycles. The Hall–Kier alpha value is -4.94. The largest absolute Gasteiger partial charge is 0.390 e. The average molecular weight is 602 g/mol. The third-order valence-corrected chi connectivity index (χ3v) is 7.25. The van der Waals surface area contributed by atoms with Gasteiger partial charge in [-0.1, -0.05) is 96.5 Å². The van der Waals surface area contributed by atoms with Crippen molar-refractivity contribution in [2.75, 3.05) is 0 Å². The Balaban J connectivity index is 1.39. The predicted octanol–water partition coefficient (Wildman–Crippen LogP) is 5.14. The lowest BCUT2D eigenvalue weighted by Gasteiger charge is -2.12. The molecule has 0 saturated heterocycles. The molecule has 43 heavy (non-hydrogen) atoms. The van der Waals surface area contributed by atoms with Crippen molar-refractivity contribution in [3.8, 4) is 22.5 Å². The Bertz CT molecular complexity index is 1750. The molecule has 0 aliphatic carbocycles. The lowest BCUT2D eigenvalue weighted by molar-refractivity contribution is -0.763. The molecule has 0 bridgehead atoms. The molecule has 220 valence electrons. The summed E-state index contributed by atoms with van der Waals surface area (Å²) in [5, 5.41) is 32.4. The van der Waals surface area contributed by atoms with E-state index >= 15 is 0 Å². The van der Waals surface area contributed by atoms with E-state index < -0.39 is 11.0 Å². The smallest absolute Gasteiger partial charge is 0.297 e. The number of nitrogens with zero attached hydrogens (tertiary/aromatic N) is 7. The van der Waals surface area contributed by atoms with Crippen molar-refractivity contribution in [2.45, 2.75) is 45.9 Å². The standard InChI is InChI=1S/C30H28ClN7O5/c1-2-3-12-27-32-28(31)26(18-39)36(27)17-20-13-15-21(16-14-20)23-9-6-7-11-25(23)29-33-35-37(34-29)30(40)24-10-5-4-8-22(24)19-43-38(41)42/h4-11,13-16,39H,2-3,12,17-19H2,1H3. The van der Waals surface area contributed by atoms with Gasteiger partial charge in [-0.2, -0.15) is 0 Å². The molecule has 12 nitrogen and oxygen atoms in total. The van der Waals surface area contributed by atoms with Crippen molar-refractivity contribution >= 4 is 17.5 Å². The van der Waals surface area contributed by atoms with Gasteiger partial charge in [-0.3, -0.25) is 4.79 Å². The van der Waals surface area contributed by atoms with E-state index in [1.54, 1.807) is 18.2 Å². The second kappa shape index (κ2) is 13.4. The maximum Gasteiger partial charge on any atom is 0.297 e. The highest BCUT2D eigenvalue weighted by atomic mass is 35.5. The molecule has 2 heterocycles. The summed E-state index contributed by atoms with van der Waals surface area (Å²) in [4.78, 5) is 33.6. The number of carbonyl (C=O) groups excluding carboxylic acids is 1. The van der Waals surface area contributed by atoms with E-state index in [0.717, 1.165) is 46.6 Å². The summed E-state index contributed by atoms with van der Waals surface area (Å²) >= 11 is 6.30. The van der Waals surface area contributed by atoms with Crippen LogP contribution in [0.25, 0.3) is 22.5 Å². The van der Waals surface area contributed by atoms with Crippen LogP contribution in [0.4, 0.5) is 0 Å². The quantitative estimate of drug-likeness (QED) is 0.151. The van der Waals surface area contributed by atoms with Crippen molar-refractivity contribution < 1.29 is 19.8 Å². The van der Waals surface area contributed by atoms with Gasteiger partial charge in [0, 0.05) is 24.1 Å². The van der Waals surface area contributed by atoms with Gasteiger partial charge in [0.1, 0.15) is 12.4 Å². The SMILES string of the molecule is CCCCc1nc(Cl)c(CO)n1Cc1ccc(-c2ccccc2-c2nnn(C(=O)c3ccccc3CO[N+](=O)[O-])n2)cc1. The van der Waals surface area contributed by atoms with Crippen LogP contribution in [0.5, 0.6) is 0 Å². The van der Waals surface area contributed by atoms with E-state index in [-0.39, 0.29) is 24.6 Å². The van der Waals surface area contributed by atoms with Crippen LogP contribution in [-0.4, -0.2) is 45.9 Å². The lowest BCUT2D eigenvalue weighted by Crippen LogP contribution is -2.18. The number of aryl methyl sites for hydroxylation is 1. The van der Waals surface area contributed by atoms with Crippen LogP contribution in [0.2, 0.25) is 5.15 Å². The van der Waals surface area contributed by atoms with Crippen molar-refractivity contribution in [3.05, 3.63) is 116 Å². The first-order chi connectivity index (χ1) is 20.9. The summed E-state index contributed by atoms with van der Waals surface area (Å²) in [7, 11) is 0. The molecule has 0 aliphatic heterocycles. The van der Waals surface area contributed by atoms with Crippen LogP contribution in [0.15, 0.2) is 72.8 Å². The first-order valence-corrected chi connectivity index (χ1v) is 14.0. The fourth-order valence-electron chi connectivity index (χ4n) is 4.76. The number of aliphatic hydroxyl groups is 1. The minimum Gasteiger partial charge on any atom is -0.390 e. The van der Waals surface area contributed by atoms with Crippen LogP contribution in [0.3, 0.4) is 0 Å². The Morgan fingerprint density at radius 3 is 2.49 bits per heavy atom. The Kier molecular flexibility index (Phi) is 9.18. The molecule has 13 heteroatoms. The molecule has 0 amide bonds. The molecular formula is C30H28ClN7O5. The highest BCUT2D eigenvalue weighted by Crippen LogP contribution is 2.30. The fraction of sp³-hybridized carbons (Fsp3) is 0.233. The second-order valence-electron chi connectivity index (χ2n) is 9.72. The fourth-order valence-corrected chi connectivity index (χ4v) is 5.02. The van der Waals surface area contributed by atoms with Gasteiger partial charge in [-0.15, -0.1) is 20.3 Å². The van der Waals surface area contributed by atoms with Crippen molar-refractivity contribution in [1.29, 1.82) is 0 Å². The minimum absolute atomic E-state index is 0.165. The Morgan fingerprint density at radius 2 is 1.77 bits per heavy atom. The summed E-state index contributed by atoms with van der Waals surface area (Å²) in [5.74, 6) is 0.499. The minimum atomic E-state index is -0.916. The van der Waals surface area contributed by atoms with Crippen LogP contribution >= 0.6 is 11.6 Å². The molecule has 5 rings (SSSR count). The highest BCUT2D eigenvalue weighted by molar-refractivity contribution is 6.30. The molecule has 0 aliphatic rings. The molecule has 0 atom stereocenters. The highest BCUT2D eigenvalue weighted by Gasteiger charge is 2.20. The first-order valence-electron chi connectivity index (χ1n) is 13.6. The Morgan fingerprint density at radius 1 is 1.05 bits per heavy atom. The van der Waals surface area contributed by atoms with Crippen molar-refractivity contribution in [1.82, 2.24) is 29.8 Å². The molecule has 0 saturated carbocycles. The summed E-state index contributed by atoms with van der Waals surface area (Å²) in [5.41, 5.74) is 4.51. The molecule has 5 aromatic rings. The number of unbranched alkanes of at least 4 members (excludes halogenated alkanes) is 1. The number of hydrogen-bond acceptors (Lipinski definition) is 9. The summed E-state index contributed by atoms with van der Waals surface area (Å²) < 4.78 is 1.97. The Labute approximate surface area is 251 Å². The molecule has 0 unspecified atom stereocenters. The van der Waals surface area contributed by atoms with Crippen molar-refractivity contribution in [3.63, 3.8) is 0 Å². The predicted molar refractivity (Wildman–Crippen MR) is 158 cm³/mol. The third kappa shape index (κ3) is 6.60. The summed E-state index contributed by atoms with van der Waals surface area (Å²) in [6.45, 7) is 2.05. The maximum atomic E-state index is 13.2. The number of imidazole rings is 1. The van der Waals surface area contributed by atoms with Crippen LogP contribution in [0, 0.1) is 10.1 Å². The summed E-state index contributed by atoms with van der Waals surface area (Å²) in [6, 6.07) is 21.9. The number of rotatable bonds is 12. The van der Waals surface area contributed by atoms with Crippen LogP contribution in [0.1, 0.15) is 52.8 Å². The lowest BCUT2D eigenvalue weighted by atomic mass is 9.98. The molecular weight excluding hydrogens is 574 g/mol. The van der Waals surface area contributed by atoms with E-state index in [2.05, 4.69) is 32.2 Å². The maximum absolute atomic E-state index is 13.2. The number of carbonyl (C=O) groups is 1. The van der Waals surface area contributed by atoms with Gasteiger partial charge in [0.15, 0.2) is 5.15 Å². The molecule has 0 spiro atoms. The van der Waals surface area contributed by atoms with Gasteiger partial charge in [-0.05, 0) is 40.0 Å². The zero-order chi connectivity index (χ0) is 30.3. The monoisotopic (exact) mass is 601 g/mol. The van der Waals surface area contributed by atoms with E-state index in [1.807, 2.05) is 53.1 Å². The van der Waals surface area contributed by atoms with Gasteiger partial charge in [0.05, 0.1) is 12.3 Å². The number of aliphatic hydroxyl groups excluding tert-OH is 1.